The number of carbonyl (C=O) groups excluding carboxylic acids is 1. The lowest BCUT2D eigenvalue weighted by molar-refractivity contribution is 0.0971. The zero-order chi connectivity index (χ0) is 19.8. The van der Waals surface area contributed by atoms with E-state index in [1.54, 1.807) is 4.72 Å². The van der Waals surface area contributed by atoms with Gasteiger partial charge in [0.05, 0.1) is 10.6 Å². The first-order valence-electron chi connectivity index (χ1n) is 7.38. The van der Waals surface area contributed by atoms with Crippen molar-refractivity contribution in [2.24, 2.45) is 7.05 Å². The van der Waals surface area contributed by atoms with Gasteiger partial charge in [-0.15, -0.1) is 5.10 Å². The molecule has 0 saturated heterocycles. The van der Waals surface area contributed by atoms with Crippen molar-refractivity contribution in [2.75, 3.05) is 0 Å². The molecule has 0 radical (unpaired) electrons. The number of nitrogens with zero attached hydrogens (tertiary/aromatic N) is 3. The van der Waals surface area contributed by atoms with Crippen LogP contribution in [0, 0.1) is 11.6 Å². The molecule has 0 aliphatic rings. The first-order valence-corrected chi connectivity index (χ1v) is 9.24. The number of nitrogens with one attached hydrogen (secondary N) is 1. The summed E-state index contributed by atoms with van der Waals surface area (Å²) in [7, 11) is -2.98. The number of aromatic nitrogens is 3. The third kappa shape index (κ3) is 3.67. The van der Waals surface area contributed by atoms with E-state index in [4.69, 9.17) is 11.6 Å². The summed E-state index contributed by atoms with van der Waals surface area (Å²) < 4.78 is 55.2. The van der Waals surface area contributed by atoms with Gasteiger partial charge in [-0.25, -0.2) is 31.6 Å². The highest BCUT2D eigenvalue weighted by molar-refractivity contribution is 7.90. The van der Waals surface area contributed by atoms with Gasteiger partial charge in [0, 0.05) is 7.05 Å². The first kappa shape index (κ1) is 18.9. The number of hydrogen-bond donors (Lipinski definition) is 1. The van der Waals surface area contributed by atoms with Crippen LogP contribution in [0.15, 0.2) is 47.4 Å². The molecule has 0 unspecified atom stereocenters. The molecule has 1 aromatic heterocycles. The normalized spacial score (nSPS) is 11.4. The Morgan fingerprint density at radius 1 is 1.11 bits per heavy atom. The maximum absolute atomic E-state index is 13.9. The molecule has 0 spiro atoms. The Morgan fingerprint density at radius 3 is 2.37 bits per heavy atom. The number of sulfonamides is 1. The molecule has 3 rings (SSSR count). The average Bonchev–Trinajstić information content (AvgIpc) is 2.96. The number of aryl methyl sites for hydroxylation is 1. The van der Waals surface area contributed by atoms with E-state index in [0.29, 0.717) is 0 Å². The Morgan fingerprint density at radius 2 is 1.74 bits per heavy atom. The van der Waals surface area contributed by atoms with E-state index in [1.165, 1.54) is 37.4 Å². The molecule has 1 N–H and O–H groups in total. The van der Waals surface area contributed by atoms with Crippen LogP contribution in [0.5, 0.6) is 0 Å². The molecule has 11 heteroatoms. The zero-order valence-electron chi connectivity index (χ0n) is 13.6. The van der Waals surface area contributed by atoms with Crippen molar-refractivity contribution in [3.8, 4) is 11.4 Å². The van der Waals surface area contributed by atoms with Crippen LogP contribution in [0.3, 0.4) is 0 Å². The second kappa shape index (κ2) is 7.05. The van der Waals surface area contributed by atoms with Crippen molar-refractivity contribution in [2.45, 2.75) is 4.90 Å². The molecule has 1 heterocycles. The van der Waals surface area contributed by atoms with Gasteiger partial charge in [0.1, 0.15) is 16.5 Å². The van der Waals surface area contributed by atoms with E-state index in [9.17, 15) is 22.0 Å². The summed E-state index contributed by atoms with van der Waals surface area (Å²) >= 11 is 5.83. The van der Waals surface area contributed by atoms with Gasteiger partial charge in [0.2, 0.25) is 5.82 Å². The average molecular weight is 413 g/mol. The van der Waals surface area contributed by atoms with Gasteiger partial charge in [0.15, 0.2) is 5.82 Å². The van der Waals surface area contributed by atoms with Crippen LogP contribution in [0.4, 0.5) is 8.78 Å². The summed E-state index contributed by atoms with van der Waals surface area (Å²) in [5.41, 5.74) is -0.486. The van der Waals surface area contributed by atoms with E-state index in [2.05, 4.69) is 10.1 Å². The molecule has 0 atom stereocenters. The van der Waals surface area contributed by atoms with Crippen molar-refractivity contribution in [3.05, 3.63) is 64.9 Å². The quantitative estimate of drug-likeness (QED) is 0.710. The zero-order valence-corrected chi connectivity index (χ0v) is 15.2. The van der Waals surface area contributed by atoms with E-state index in [0.717, 1.165) is 16.8 Å². The predicted molar refractivity (Wildman–Crippen MR) is 92.5 cm³/mol. The smallest absolute Gasteiger partial charge is 0.264 e. The molecule has 140 valence electrons. The maximum atomic E-state index is 13.9. The fourth-order valence-electron chi connectivity index (χ4n) is 2.30. The summed E-state index contributed by atoms with van der Waals surface area (Å²) in [6.07, 6.45) is 0. The standard InChI is InChI=1S/C16H11ClF2N4O3S/c1-23-15(13-10(18)6-4-7-11(13)19)20-14(21-23)16(24)22-27(25,26)12-8-3-2-5-9(12)17/h2-8H,1H3,(H,22,24). The topological polar surface area (TPSA) is 94.0 Å². The van der Waals surface area contributed by atoms with Crippen LogP contribution in [0.1, 0.15) is 10.6 Å². The molecule has 27 heavy (non-hydrogen) atoms. The summed E-state index contributed by atoms with van der Waals surface area (Å²) in [6, 6.07) is 8.74. The second-order valence-corrected chi connectivity index (χ2v) is 7.40. The van der Waals surface area contributed by atoms with Gasteiger partial charge in [-0.05, 0) is 24.3 Å². The number of benzene rings is 2. The number of hydrogen-bond acceptors (Lipinski definition) is 5. The molecule has 0 bridgehead atoms. The van der Waals surface area contributed by atoms with Crippen LogP contribution in [-0.2, 0) is 17.1 Å². The second-order valence-electron chi connectivity index (χ2n) is 5.34. The van der Waals surface area contributed by atoms with E-state index >= 15 is 0 Å². The molecule has 0 saturated carbocycles. The largest absolute Gasteiger partial charge is 0.304 e. The number of rotatable bonds is 4. The highest BCUT2D eigenvalue weighted by Crippen LogP contribution is 2.24. The van der Waals surface area contributed by atoms with Crippen molar-refractivity contribution < 1.29 is 22.0 Å². The van der Waals surface area contributed by atoms with Gasteiger partial charge in [-0.2, -0.15) is 0 Å². The molecule has 7 nitrogen and oxygen atoms in total. The Hall–Kier alpha value is -2.85. The van der Waals surface area contributed by atoms with Crippen molar-refractivity contribution >= 4 is 27.5 Å². The monoisotopic (exact) mass is 412 g/mol. The summed E-state index contributed by atoms with van der Waals surface area (Å²) in [5.74, 6) is -3.83. The Labute approximate surface area is 157 Å². The van der Waals surface area contributed by atoms with E-state index in [-0.39, 0.29) is 15.7 Å². The lowest BCUT2D eigenvalue weighted by Gasteiger charge is -2.06. The van der Waals surface area contributed by atoms with E-state index in [1.807, 2.05) is 0 Å². The Bertz CT molecular complexity index is 1130. The lowest BCUT2D eigenvalue weighted by atomic mass is 10.2. The summed E-state index contributed by atoms with van der Waals surface area (Å²) in [6.45, 7) is 0. The Kier molecular flexibility index (Phi) is 4.94. The molecular formula is C16H11ClF2N4O3S. The highest BCUT2D eigenvalue weighted by atomic mass is 35.5. The molecular weight excluding hydrogens is 402 g/mol. The summed E-state index contributed by atoms with van der Waals surface area (Å²) in [4.78, 5) is 15.7. The molecule has 0 aliphatic heterocycles. The number of amides is 1. The van der Waals surface area contributed by atoms with Crippen LogP contribution in [0.25, 0.3) is 11.4 Å². The van der Waals surface area contributed by atoms with Crippen LogP contribution in [-0.4, -0.2) is 29.1 Å². The minimum absolute atomic E-state index is 0.0825. The first-order chi connectivity index (χ1) is 12.7. The van der Waals surface area contributed by atoms with Crippen molar-refractivity contribution in [1.82, 2.24) is 19.5 Å². The highest BCUT2D eigenvalue weighted by Gasteiger charge is 2.26. The predicted octanol–water partition coefficient (Wildman–Crippen LogP) is 2.53. The number of carbonyl (C=O) groups is 1. The number of halogens is 3. The third-order valence-corrected chi connectivity index (χ3v) is 5.34. The molecule has 2 aromatic carbocycles. The van der Waals surface area contributed by atoms with Gasteiger partial charge in [-0.1, -0.05) is 29.8 Å². The van der Waals surface area contributed by atoms with Gasteiger partial charge >= 0.3 is 5.91 Å². The lowest BCUT2D eigenvalue weighted by Crippen LogP contribution is -2.31. The van der Waals surface area contributed by atoms with E-state index < -0.39 is 39.0 Å². The Balaban J connectivity index is 1.95. The fourth-order valence-corrected chi connectivity index (χ4v) is 3.76. The van der Waals surface area contributed by atoms with Crippen molar-refractivity contribution in [1.29, 1.82) is 0 Å². The molecule has 0 aliphatic carbocycles. The SMILES string of the molecule is Cn1nc(C(=O)NS(=O)(=O)c2ccccc2Cl)nc1-c1c(F)cccc1F. The third-order valence-electron chi connectivity index (χ3n) is 3.51. The van der Waals surface area contributed by atoms with Crippen LogP contribution >= 0.6 is 11.6 Å². The molecule has 0 fully saturated rings. The molecule has 1 amide bonds. The molecule has 3 aromatic rings. The van der Waals surface area contributed by atoms with Gasteiger partial charge in [-0.3, -0.25) is 4.79 Å². The van der Waals surface area contributed by atoms with Crippen LogP contribution < -0.4 is 4.72 Å². The minimum Gasteiger partial charge on any atom is -0.264 e. The van der Waals surface area contributed by atoms with Gasteiger partial charge in [0.25, 0.3) is 10.0 Å². The minimum atomic E-state index is -4.29. The maximum Gasteiger partial charge on any atom is 0.304 e. The van der Waals surface area contributed by atoms with Crippen LogP contribution in [0.2, 0.25) is 5.02 Å². The van der Waals surface area contributed by atoms with Crippen molar-refractivity contribution in [3.63, 3.8) is 0 Å². The van der Waals surface area contributed by atoms with Gasteiger partial charge < -0.3 is 0 Å². The summed E-state index contributed by atoms with van der Waals surface area (Å²) in [5, 5.41) is 3.65. The fraction of sp³-hybridized carbons (Fsp3) is 0.0625.